The van der Waals surface area contributed by atoms with Crippen LogP contribution in [-0.4, -0.2) is 38.5 Å². The van der Waals surface area contributed by atoms with Crippen LogP contribution in [0.5, 0.6) is 23.0 Å². The lowest BCUT2D eigenvalue weighted by atomic mass is 9.95. The van der Waals surface area contributed by atoms with E-state index < -0.39 is 12.0 Å². The minimum Gasteiger partial charge on any atom is -0.493 e. The van der Waals surface area contributed by atoms with Crippen LogP contribution in [0.1, 0.15) is 42.1 Å². The SMILES string of the molecule is CCOC(=O)C1=C(C)N=c2s/c(=C\c3ccc(OCc4ccc(C#N)cc4)c(OC)c3)c(=O)n2[C@H]1c1cc(OC)c(OC)cc1Br. The summed E-state index contributed by atoms with van der Waals surface area (Å²) >= 11 is 4.83. The first-order valence-corrected chi connectivity index (χ1v) is 15.7. The number of halogens is 1. The summed E-state index contributed by atoms with van der Waals surface area (Å²) in [5, 5.41) is 9.02. The molecule has 236 valence electrons. The van der Waals surface area contributed by atoms with Gasteiger partial charge in [0.25, 0.3) is 5.56 Å². The average molecular weight is 705 g/mol. The normalized spacial score (nSPS) is 14.2. The maximum Gasteiger partial charge on any atom is 0.338 e. The molecule has 1 aliphatic heterocycles. The zero-order valence-electron chi connectivity index (χ0n) is 25.8. The maximum absolute atomic E-state index is 14.1. The summed E-state index contributed by atoms with van der Waals surface area (Å²) in [6.07, 6.45) is 1.75. The molecule has 0 N–H and O–H groups in total. The molecule has 0 saturated carbocycles. The number of nitrogens with zero attached hydrogens (tertiary/aromatic N) is 3. The predicted octanol–water partition coefficient (Wildman–Crippen LogP) is 5.04. The standard InChI is InChI=1S/C34H30BrN3O7S/c1-6-44-33(40)30-19(2)37-34-38(31(30)23-15-27(42-4)28(43-5)16-24(23)35)32(39)29(46-34)14-22-11-12-25(26(13-22)41-3)45-18-21-9-7-20(17-36)8-10-21/h7-16,31H,6,18H2,1-5H3/b29-14-/t31-/m0/s1. The van der Waals surface area contributed by atoms with Gasteiger partial charge in [-0.2, -0.15) is 5.26 Å². The van der Waals surface area contributed by atoms with Crippen molar-refractivity contribution in [3.63, 3.8) is 0 Å². The number of carbonyl (C=O) groups excluding carboxylic acids is 1. The Kier molecular flexibility index (Phi) is 9.94. The minimum absolute atomic E-state index is 0.162. The van der Waals surface area contributed by atoms with Crippen molar-refractivity contribution in [2.24, 2.45) is 4.99 Å². The smallest absolute Gasteiger partial charge is 0.338 e. The molecule has 0 fully saturated rings. The molecule has 0 radical (unpaired) electrons. The van der Waals surface area contributed by atoms with Gasteiger partial charge in [0, 0.05) is 4.47 Å². The van der Waals surface area contributed by atoms with Gasteiger partial charge in [-0.1, -0.05) is 45.5 Å². The first kappa shape index (κ1) is 32.5. The van der Waals surface area contributed by atoms with Crippen LogP contribution in [-0.2, 0) is 16.1 Å². The number of thiazole rings is 1. The molecule has 10 nitrogen and oxygen atoms in total. The number of allylic oxidation sites excluding steroid dienone is 1. The summed E-state index contributed by atoms with van der Waals surface area (Å²) in [6.45, 7) is 3.90. The van der Waals surface area contributed by atoms with Gasteiger partial charge in [0.15, 0.2) is 27.8 Å². The van der Waals surface area contributed by atoms with E-state index in [2.05, 4.69) is 27.0 Å². The van der Waals surface area contributed by atoms with Gasteiger partial charge in [-0.3, -0.25) is 9.36 Å². The van der Waals surface area contributed by atoms with Gasteiger partial charge in [0.1, 0.15) is 6.61 Å². The Labute approximate surface area is 277 Å². The third-order valence-electron chi connectivity index (χ3n) is 7.28. The van der Waals surface area contributed by atoms with Crippen LogP contribution >= 0.6 is 27.3 Å². The largest absolute Gasteiger partial charge is 0.493 e. The fourth-order valence-electron chi connectivity index (χ4n) is 5.05. The van der Waals surface area contributed by atoms with Gasteiger partial charge in [0.2, 0.25) is 0 Å². The highest BCUT2D eigenvalue weighted by atomic mass is 79.9. The van der Waals surface area contributed by atoms with E-state index in [4.69, 9.17) is 28.9 Å². The van der Waals surface area contributed by atoms with Crippen molar-refractivity contribution >= 4 is 39.3 Å². The molecule has 2 heterocycles. The fraction of sp³-hybridized carbons (Fsp3) is 0.235. The second-order valence-electron chi connectivity index (χ2n) is 10.0. The second-order valence-corrected chi connectivity index (χ2v) is 11.9. The zero-order valence-corrected chi connectivity index (χ0v) is 28.2. The Hall–Kier alpha value is -4.86. The lowest BCUT2D eigenvalue weighted by Crippen LogP contribution is -2.40. The van der Waals surface area contributed by atoms with Crippen LogP contribution < -0.4 is 33.8 Å². The first-order chi connectivity index (χ1) is 22.2. The number of esters is 1. The Morgan fingerprint density at radius 1 is 1.02 bits per heavy atom. The van der Waals surface area contributed by atoms with Gasteiger partial charge in [-0.25, -0.2) is 9.79 Å². The summed E-state index contributed by atoms with van der Waals surface area (Å²) in [4.78, 5) is 32.5. The van der Waals surface area contributed by atoms with Crippen molar-refractivity contribution in [1.29, 1.82) is 5.26 Å². The van der Waals surface area contributed by atoms with Crippen LogP contribution in [0.3, 0.4) is 0 Å². The molecule has 0 bridgehead atoms. The lowest BCUT2D eigenvalue weighted by Gasteiger charge is -2.26. The van der Waals surface area contributed by atoms with E-state index in [0.29, 0.717) is 59.2 Å². The molecule has 0 aliphatic carbocycles. The molecule has 3 aromatic carbocycles. The third kappa shape index (κ3) is 6.42. The minimum atomic E-state index is -0.848. The van der Waals surface area contributed by atoms with Crippen molar-refractivity contribution in [3.8, 4) is 29.1 Å². The van der Waals surface area contributed by atoms with Gasteiger partial charge in [0.05, 0.1) is 61.4 Å². The van der Waals surface area contributed by atoms with E-state index in [1.807, 2.05) is 18.2 Å². The van der Waals surface area contributed by atoms with Gasteiger partial charge >= 0.3 is 5.97 Å². The first-order valence-electron chi connectivity index (χ1n) is 14.1. The fourth-order valence-corrected chi connectivity index (χ4v) is 6.63. The number of fused-ring (bicyclic) bond motifs is 1. The molecule has 0 amide bonds. The van der Waals surface area contributed by atoms with E-state index >= 15 is 0 Å². The second kappa shape index (κ2) is 14.1. The van der Waals surface area contributed by atoms with Crippen LogP contribution in [0, 0.1) is 11.3 Å². The third-order valence-corrected chi connectivity index (χ3v) is 8.95. The van der Waals surface area contributed by atoms with Gasteiger partial charge < -0.3 is 23.7 Å². The Bertz CT molecular complexity index is 2060. The van der Waals surface area contributed by atoms with Gasteiger partial charge in [-0.05, 0) is 73.0 Å². The molecule has 0 unspecified atom stereocenters. The van der Waals surface area contributed by atoms with E-state index in [-0.39, 0.29) is 24.3 Å². The summed E-state index contributed by atoms with van der Waals surface area (Å²) in [7, 11) is 4.60. The maximum atomic E-state index is 14.1. The molecule has 1 aliphatic rings. The monoisotopic (exact) mass is 703 g/mol. The Balaban J connectivity index is 1.57. The van der Waals surface area contributed by atoms with Crippen molar-refractivity contribution in [2.45, 2.75) is 26.5 Å². The topological polar surface area (TPSA) is 121 Å². The molecule has 1 aromatic heterocycles. The molecular weight excluding hydrogens is 674 g/mol. The molecule has 0 saturated heterocycles. The highest BCUT2D eigenvalue weighted by Crippen LogP contribution is 2.41. The Morgan fingerprint density at radius 3 is 2.35 bits per heavy atom. The highest BCUT2D eigenvalue weighted by molar-refractivity contribution is 9.10. The van der Waals surface area contributed by atoms with Gasteiger partial charge in [-0.15, -0.1) is 0 Å². The number of aromatic nitrogens is 1. The van der Waals surface area contributed by atoms with Crippen LogP contribution in [0.4, 0.5) is 0 Å². The van der Waals surface area contributed by atoms with E-state index in [1.54, 1.807) is 63.4 Å². The number of rotatable bonds is 10. The number of benzene rings is 3. The Morgan fingerprint density at radius 2 is 1.70 bits per heavy atom. The number of ether oxygens (including phenoxy) is 5. The van der Waals surface area contributed by atoms with Crippen molar-refractivity contribution < 1.29 is 28.5 Å². The van der Waals surface area contributed by atoms with Crippen molar-refractivity contribution in [3.05, 3.63) is 112 Å². The summed E-state index contributed by atoms with van der Waals surface area (Å²) in [5.74, 6) is 1.38. The molecule has 0 spiro atoms. The number of methoxy groups -OCH3 is 3. The number of nitriles is 1. The highest BCUT2D eigenvalue weighted by Gasteiger charge is 2.35. The molecule has 4 aromatic rings. The van der Waals surface area contributed by atoms with Crippen molar-refractivity contribution in [2.75, 3.05) is 27.9 Å². The molecular formula is C34H30BrN3O7S. The van der Waals surface area contributed by atoms with Crippen LogP contribution in [0.15, 0.2) is 80.1 Å². The molecule has 46 heavy (non-hydrogen) atoms. The number of carbonyl (C=O) groups is 1. The van der Waals surface area contributed by atoms with Crippen LogP contribution in [0.25, 0.3) is 6.08 Å². The van der Waals surface area contributed by atoms with E-state index in [0.717, 1.165) is 5.56 Å². The van der Waals surface area contributed by atoms with Crippen molar-refractivity contribution in [1.82, 2.24) is 4.57 Å². The molecule has 12 heteroatoms. The summed E-state index contributed by atoms with van der Waals surface area (Å²) in [5.41, 5.74) is 3.16. The molecule has 5 rings (SSSR count). The van der Waals surface area contributed by atoms with E-state index in [1.165, 1.54) is 30.1 Å². The summed E-state index contributed by atoms with van der Waals surface area (Å²) < 4.78 is 30.5. The quantitative estimate of drug-likeness (QED) is 0.211. The lowest BCUT2D eigenvalue weighted by molar-refractivity contribution is -0.139. The zero-order chi connectivity index (χ0) is 33.0. The average Bonchev–Trinajstić information content (AvgIpc) is 3.37. The summed E-state index contributed by atoms with van der Waals surface area (Å²) in [6, 6.07) is 17.3. The predicted molar refractivity (Wildman–Crippen MR) is 176 cm³/mol. The number of hydrogen-bond acceptors (Lipinski definition) is 10. The van der Waals surface area contributed by atoms with E-state index in [9.17, 15) is 9.59 Å². The van der Waals surface area contributed by atoms with Crippen LogP contribution in [0.2, 0.25) is 0 Å². The molecule has 1 atom stereocenters. The number of hydrogen-bond donors (Lipinski definition) is 0.